The van der Waals surface area contributed by atoms with Crippen LogP contribution >= 0.6 is 23.2 Å². The predicted octanol–water partition coefficient (Wildman–Crippen LogP) is 3.84. The number of rotatable bonds is 4. The van der Waals surface area contributed by atoms with Crippen molar-refractivity contribution in [2.75, 3.05) is 10.2 Å². The third-order valence-corrected chi connectivity index (χ3v) is 4.30. The predicted molar refractivity (Wildman–Crippen MR) is 102 cm³/mol. The molecule has 26 heavy (non-hydrogen) atoms. The van der Waals surface area contributed by atoms with E-state index in [1.54, 1.807) is 12.1 Å². The van der Waals surface area contributed by atoms with Crippen molar-refractivity contribution in [1.29, 1.82) is 0 Å². The maximum absolute atomic E-state index is 13.7. The average Bonchev–Trinajstić information content (AvgIpc) is 2.61. The van der Waals surface area contributed by atoms with E-state index < -0.39 is 18.0 Å². The third kappa shape index (κ3) is 3.18. The number of nitrogens with one attached hydrogen (secondary N) is 1. The second kappa shape index (κ2) is 7.23. The summed E-state index contributed by atoms with van der Waals surface area (Å²) in [5.41, 5.74) is 6.36. The highest BCUT2D eigenvalue weighted by Gasteiger charge is 2.37. The Morgan fingerprint density at radius 3 is 2.73 bits per heavy atom. The van der Waals surface area contributed by atoms with Gasteiger partial charge in [-0.3, -0.25) is 9.69 Å². The lowest BCUT2D eigenvalue weighted by Crippen LogP contribution is -2.55. The van der Waals surface area contributed by atoms with Gasteiger partial charge in [-0.15, -0.1) is 0 Å². The highest BCUT2D eigenvalue weighted by molar-refractivity contribution is 6.37. The maximum atomic E-state index is 13.7. The molecule has 0 saturated carbocycles. The molecule has 2 aromatic rings. The average molecular weight is 394 g/mol. The summed E-state index contributed by atoms with van der Waals surface area (Å²) in [6.07, 6.45) is 1.63. The maximum Gasteiger partial charge on any atom is 0.263 e. The van der Waals surface area contributed by atoms with Gasteiger partial charge in [0.1, 0.15) is 12.2 Å². The standard InChI is InChI=1S/C17H14Cl2FN5O/c1-2-24(22-9-21)17-23-14-5-4-11(20)8-12(14)16(26)25(17)15-6-3-10(18)7-13(15)19/h2-9,17,23H,1H2,(H2,21,22). The minimum atomic E-state index is -0.823. The molecule has 2 aromatic carbocycles. The molecule has 9 heteroatoms. The van der Waals surface area contributed by atoms with Crippen molar-refractivity contribution in [3.05, 3.63) is 70.6 Å². The summed E-state index contributed by atoms with van der Waals surface area (Å²) >= 11 is 12.2. The van der Waals surface area contributed by atoms with Gasteiger partial charge < -0.3 is 11.1 Å². The van der Waals surface area contributed by atoms with Gasteiger partial charge in [0.25, 0.3) is 5.91 Å². The van der Waals surface area contributed by atoms with Gasteiger partial charge in [-0.2, -0.15) is 5.10 Å². The molecule has 1 heterocycles. The van der Waals surface area contributed by atoms with Crippen LogP contribution in [0.1, 0.15) is 10.4 Å². The number of hydrogen-bond acceptors (Lipinski definition) is 4. The minimum absolute atomic E-state index is 0.160. The second-order valence-corrected chi connectivity index (χ2v) is 6.15. The number of carbonyl (C=O) groups is 1. The summed E-state index contributed by atoms with van der Waals surface area (Å²) in [6, 6.07) is 8.58. The Kier molecular flexibility index (Phi) is 5.01. The van der Waals surface area contributed by atoms with Gasteiger partial charge in [-0.25, -0.2) is 9.40 Å². The number of nitrogens with zero attached hydrogens (tertiary/aromatic N) is 3. The van der Waals surface area contributed by atoms with Crippen LogP contribution in [0.4, 0.5) is 15.8 Å². The number of carbonyl (C=O) groups excluding carboxylic acids is 1. The highest BCUT2D eigenvalue weighted by Crippen LogP contribution is 2.36. The number of hydrogen-bond donors (Lipinski definition) is 2. The van der Waals surface area contributed by atoms with Gasteiger partial charge >= 0.3 is 0 Å². The van der Waals surface area contributed by atoms with Gasteiger partial charge in [0.05, 0.1) is 22.0 Å². The molecule has 1 unspecified atom stereocenters. The Hall–Kier alpha value is -2.77. The fourth-order valence-electron chi connectivity index (χ4n) is 2.65. The van der Waals surface area contributed by atoms with Crippen molar-refractivity contribution in [1.82, 2.24) is 5.01 Å². The van der Waals surface area contributed by atoms with E-state index in [1.165, 1.54) is 34.3 Å². The lowest BCUT2D eigenvalue weighted by atomic mass is 10.1. The van der Waals surface area contributed by atoms with Gasteiger partial charge in [0, 0.05) is 11.2 Å². The van der Waals surface area contributed by atoms with E-state index >= 15 is 0 Å². The Morgan fingerprint density at radius 2 is 2.08 bits per heavy atom. The molecule has 0 aromatic heterocycles. The van der Waals surface area contributed by atoms with E-state index in [9.17, 15) is 9.18 Å². The second-order valence-electron chi connectivity index (χ2n) is 5.31. The highest BCUT2D eigenvalue weighted by atomic mass is 35.5. The minimum Gasteiger partial charge on any atom is -0.388 e. The number of benzene rings is 2. The van der Waals surface area contributed by atoms with Crippen molar-refractivity contribution in [2.45, 2.75) is 6.29 Å². The summed E-state index contributed by atoms with van der Waals surface area (Å²) in [6.45, 7) is 3.68. The monoisotopic (exact) mass is 393 g/mol. The molecule has 0 fully saturated rings. The molecule has 1 amide bonds. The zero-order chi connectivity index (χ0) is 18.8. The van der Waals surface area contributed by atoms with Crippen LogP contribution in [0.3, 0.4) is 0 Å². The van der Waals surface area contributed by atoms with Crippen molar-refractivity contribution in [3.63, 3.8) is 0 Å². The molecule has 134 valence electrons. The topological polar surface area (TPSA) is 74.0 Å². The molecule has 0 aliphatic carbocycles. The first-order valence-corrected chi connectivity index (χ1v) is 8.21. The molecular formula is C17H14Cl2FN5O. The Labute approximate surface area is 159 Å². The first kappa shape index (κ1) is 18.0. The van der Waals surface area contributed by atoms with Gasteiger partial charge in [-0.1, -0.05) is 29.8 Å². The Balaban J connectivity index is 2.18. The summed E-state index contributed by atoms with van der Waals surface area (Å²) < 4.78 is 13.7. The van der Waals surface area contributed by atoms with Gasteiger partial charge in [-0.05, 0) is 36.4 Å². The molecule has 3 N–H and O–H groups in total. The van der Waals surface area contributed by atoms with Crippen LogP contribution in [0.2, 0.25) is 10.0 Å². The van der Waals surface area contributed by atoms with Gasteiger partial charge in [0.2, 0.25) is 6.29 Å². The molecule has 0 radical (unpaired) electrons. The molecule has 0 bridgehead atoms. The number of hydrazone groups is 1. The summed E-state index contributed by atoms with van der Waals surface area (Å²) in [4.78, 5) is 14.5. The normalized spacial score (nSPS) is 16.3. The molecule has 3 rings (SSSR count). The smallest absolute Gasteiger partial charge is 0.263 e. The first-order valence-electron chi connectivity index (χ1n) is 7.46. The van der Waals surface area contributed by atoms with E-state index in [-0.39, 0.29) is 10.6 Å². The van der Waals surface area contributed by atoms with Crippen LogP contribution in [0.15, 0.2) is 54.3 Å². The number of fused-ring (bicyclic) bond motifs is 1. The number of halogens is 3. The Morgan fingerprint density at radius 1 is 1.31 bits per heavy atom. The number of amides is 1. The Bertz CT molecular complexity index is 905. The molecular weight excluding hydrogens is 380 g/mol. The zero-order valence-corrected chi connectivity index (χ0v) is 14.9. The summed E-state index contributed by atoms with van der Waals surface area (Å²) in [5, 5.41) is 9.10. The molecule has 0 spiro atoms. The van der Waals surface area contributed by atoms with Crippen LogP contribution in [0.5, 0.6) is 0 Å². The molecule has 0 saturated heterocycles. The van der Waals surface area contributed by atoms with E-state index in [0.29, 0.717) is 16.4 Å². The van der Waals surface area contributed by atoms with Crippen molar-refractivity contribution in [2.24, 2.45) is 10.8 Å². The SMILES string of the molecule is C=CN(/N=C\N)C1Nc2ccc(F)cc2C(=O)N1c1ccc(Cl)cc1Cl. The van der Waals surface area contributed by atoms with E-state index in [0.717, 1.165) is 12.4 Å². The number of anilines is 2. The number of nitrogens with two attached hydrogens (primary N) is 1. The van der Waals surface area contributed by atoms with E-state index in [2.05, 4.69) is 17.0 Å². The molecule has 1 atom stereocenters. The molecule has 6 nitrogen and oxygen atoms in total. The van der Waals surface area contributed by atoms with Crippen LogP contribution in [-0.4, -0.2) is 23.5 Å². The van der Waals surface area contributed by atoms with Crippen LogP contribution < -0.4 is 16.0 Å². The van der Waals surface area contributed by atoms with Gasteiger partial charge in [0.15, 0.2) is 0 Å². The summed E-state index contributed by atoms with van der Waals surface area (Å²) in [5.74, 6) is -0.994. The van der Waals surface area contributed by atoms with Crippen molar-refractivity contribution >= 4 is 46.8 Å². The van der Waals surface area contributed by atoms with Crippen LogP contribution in [0, 0.1) is 5.82 Å². The molecule has 1 aliphatic heterocycles. The van der Waals surface area contributed by atoms with E-state index in [4.69, 9.17) is 28.9 Å². The fourth-order valence-corrected chi connectivity index (χ4v) is 3.15. The third-order valence-electron chi connectivity index (χ3n) is 3.77. The fraction of sp³-hybridized carbons (Fsp3) is 0.0588. The van der Waals surface area contributed by atoms with Crippen molar-refractivity contribution < 1.29 is 9.18 Å². The zero-order valence-electron chi connectivity index (χ0n) is 13.4. The van der Waals surface area contributed by atoms with Crippen molar-refractivity contribution in [3.8, 4) is 0 Å². The largest absolute Gasteiger partial charge is 0.388 e. The van der Waals surface area contributed by atoms with Crippen LogP contribution in [-0.2, 0) is 0 Å². The van der Waals surface area contributed by atoms with E-state index in [1.807, 2.05) is 0 Å². The first-order chi connectivity index (χ1) is 12.5. The van der Waals surface area contributed by atoms with Crippen LogP contribution in [0.25, 0.3) is 0 Å². The lowest BCUT2D eigenvalue weighted by Gasteiger charge is -2.41. The quantitative estimate of drug-likeness (QED) is 0.470. The summed E-state index contributed by atoms with van der Waals surface area (Å²) in [7, 11) is 0. The lowest BCUT2D eigenvalue weighted by molar-refractivity contribution is 0.0948. The molecule has 1 aliphatic rings.